The Kier molecular flexibility index (Phi) is 7.53. The number of rotatable bonds is 9. The summed E-state index contributed by atoms with van der Waals surface area (Å²) in [5.74, 6) is 2.08. The number of para-hydroxylation sites is 1. The first-order valence-electron chi connectivity index (χ1n) is 13.3. The Morgan fingerprint density at radius 1 is 0.923 bits per heavy atom. The fraction of sp³-hybridized carbons (Fsp3) is 0.300. The average molecular weight is 541 g/mol. The smallest absolute Gasteiger partial charge is 0.162 e. The first-order chi connectivity index (χ1) is 19.2. The van der Waals surface area contributed by atoms with Crippen LogP contribution in [0.4, 0.5) is 11.5 Å². The van der Waals surface area contributed by atoms with E-state index in [0.29, 0.717) is 23.9 Å². The molecule has 1 aliphatic rings. The predicted octanol–water partition coefficient (Wildman–Crippen LogP) is 5.68. The molecule has 5 aromatic rings. The molecule has 39 heavy (non-hydrogen) atoms. The molecule has 0 aliphatic carbocycles. The van der Waals surface area contributed by atoms with Crippen LogP contribution in [0.3, 0.4) is 0 Å². The Labute approximate surface area is 232 Å². The van der Waals surface area contributed by atoms with Gasteiger partial charge in [-0.05, 0) is 43.8 Å². The number of nitrogens with zero attached hydrogens (tertiary/aromatic N) is 5. The van der Waals surface area contributed by atoms with Crippen LogP contribution in [0, 0.1) is 0 Å². The van der Waals surface area contributed by atoms with Gasteiger partial charge in [-0.15, -0.1) is 11.3 Å². The van der Waals surface area contributed by atoms with Crippen LogP contribution >= 0.6 is 11.3 Å². The van der Waals surface area contributed by atoms with Crippen molar-refractivity contribution in [3.8, 4) is 22.1 Å². The van der Waals surface area contributed by atoms with E-state index < -0.39 is 0 Å². The van der Waals surface area contributed by atoms with Crippen molar-refractivity contribution >= 4 is 44.0 Å². The molecule has 0 radical (unpaired) electrons. The average Bonchev–Trinajstić information content (AvgIpc) is 3.41. The lowest BCUT2D eigenvalue weighted by Crippen LogP contribution is -2.44. The van der Waals surface area contributed by atoms with E-state index in [9.17, 15) is 0 Å². The van der Waals surface area contributed by atoms with Crippen LogP contribution in [0.25, 0.3) is 31.7 Å². The first-order valence-corrected chi connectivity index (χ1v) is 14.1. The van der Waals surface area contributed by atoms with Crippen molar-refractivity contribution in [1.82, 2.24) is 24.8 Å². The number of anilines is 2. The minimum atomic E-state index is 0.620. The van der Waals surface area contributed by atoms with Crippen molar-refractivity contribution in [2.24, 2.45) is 0 Å². The van der Waals surface area contributed by atoms with E-state index in [4.69, 9.17) is 14.5 Å². The third-order valence-electron chi connectivity index (χ3n) is 7.06. The van der Waals surface area contributed by atoms with Crippen molar-refractivity contribution < 1.29 is 9.47 Å². The van der Waals surface area contributed by atoms with Crippen LogP contribution in [0.15, 0.2) is 67.0 Å². The van der Waals surface area contributed by atoms with Gasteiger partial charge in [-0.25, -0.2) is 15.0 Å². The number of piperazine rings is 1. The van der Waals surface area contributed by atoms with Gasteiger partial charge in [-0.2, -0.15) is 0 Å². The normalized spacial score (nSPS) is 14.6. The van der Waals surface area contributed by atoms with Crippen molar-refractivity contribution in [3.05, 3.63) is 67.0 Å². The molecular weight excluding hydrogens is 508 g/mol. The zero-order valence-electron chi connectivity index (χ0n) is 22.3. The molecule has 1 aliphatic heterocycles. The second-order valence-corrected chi connectivity index (χ2v) is 10.8. The molecule has 1 N–H and O–H groups in total. The standard InChI is InChI=1S/C30H32N6O2S/c1-35-12-14-36(15-13-35)11-6-16-38-27-18-23-25(19-26(27)37-2)31-20-32-29(23)33-22-8-5-7-21(17-22)30-34-24-9-3-4-10-28(24)39-30/h3-5,7-10,17-20H,6,11-16H2,1-2H3,(H,31,32,33). The van der Waals surface area contributed by atoms with Gasteiger partial charge in [-0.3, -0.25) is 0 Å². The summed E-state index contributed by atoms with van der Waals surface area (Å²) in [6, 6.07) is 20.4. The molecule has 6 rings (SSSR count). The molecule has 1 saturated heterocycles. The molecule has 0 amide bonds. The molecule has 0 saturated carbocycles. The van der Waals surface area contributed by atoms with E-state index in [1.54, 1.807) is 24.8 Å². The highest BCUT2D eigenvalue weighted by atomic mass is 32.1. The maximum absolute atomic E-state index is 6.21. The van der Waals surface area contributed by atoms with Crippen LogP contribution in [0.2, 0.25) is 0 Å². The number of benzene rings is 3. The van der Waals surface area contributed by atoms with E-state index in [1.807, 2.05) is 42.5 Å². The Balaban J connectivity index is 1.20. The lowest BCUT2D eigenvalue weighted by molar-refractivity contribution is 0.145. The van der Waals surface area contributed by atoms with Gasteiger partial charge in [0, 0.05) is 55.4 Å². The molecule has 8 nitrogen and oxygen atoms in total. The summed E-state index contributed by atoms with van der Waals surface area (Å²) in [6.45, 7) is 6.13. The number of methoxy groups -OCH3 is 1. The number of aromatic nitrogens is 3. The molecule has 0 atom stereocenters. The summed E-state index contributed by atoms with van der Waals surface area (Å²) < 4.78 is 13.0. The molecular formula is C30H32N6O2S. The van der Waals surface area contributed by atoms with Crippen molar-refractivity contribution in [2.45, 2.75) is 6.42 Å². The highest BCUT2D eigenvalue weighted by molar-refractivity contribution is 7.21. The summed E-state index contributed by atoms with van der Waals surface area (Å²) in [6.07, 6.45) is 2.53. The highest BCUT2D eigenvalue weighted by Crippen LogP contribution is 2.36. The molecule has 3 heterocycles. The van der Waals surface area contributed by atoms with Gasteiger partial charge < -0.3 is 24.6 Å². The minimum Gasteiger partial charge on any atom is -0.493 e. The molecule has 1 fully saturated rings. The Bertz CT molecular complexity index is 1550. The van der Waals surface area contributed by atoms with E-state index in [-0.39, 0.29) is 0 Å². The number of likely N-dealkylation sites (N-methyl/N-ethyl adjacent to an activating group) is 1. The van der Waals surface area contributed by atoms with Gasteiger partial charge in [0.1, 0.15) is 17.2 Å². The second kappa shape index (κ2) is 11.5. The fourth-order valence-corrected chi connectivity index (χ4v) is 5.80. The summed E-state index contributed by atoms with van der Waals surface area (Å²) >= 11 is 1.69. The number of ether oxygens (including phenoxy) is 2. The van der Waals surface area contributed by atoms with Crippen LogP contribution in [0.5, 0.6) is 11.5 Å². The molecule has 3 aromatic carbocycles. The van der Waals surface area contributed by atoms with Crippen LogP contribution in [-0.4, -0.2) is 78.2 Å². The van der Waals surface area contributed by atoms with Gasteiger partial charge in [0.25, 0.3) is 0 Å². The molecule has 9 heteroatoms. The number of fused-ring (bicyclic) bond motifs is 2. The quantitative estimate of drug-likeness (QED) is 0.240. The number of hydrogen-bond donors (Lipinski definition) is 1. The third kappa shape index (κ3) is 5.80. The van der Waals surface area contributed by atoms with Crippen LogP contribution in [0.1, 0.15) is 6.42 Å². The highest BCUT2D eigenvalue weighted by Gasteiger charge is 2.15. The Hall–Kier alpha value is -3.79. The molecule has 0 spiro atoms. The Morgan fingerprint density at radius 3 is 2.64 bits per heavy atom. The van der Waals surface area contributed by atoms with Gasteiger partial charge in [0.15, 0.2) is 11.5 Å². The zero-order valence-corrected chi connectivity index (χ0v) is 23.1. The van der Waals surface area contributed by atoms with E-state index in [2.05, 4.69) is 50.3 Å². The monoisotopic (exact) mass is 540 g/mol. The fourth-order valence-electron chi connectivity index (χ4n) is 4.84. The van der Waals surface area contributed by atoms with E-state index in [0.717, 1.165) is 71.8 Å². The molecule has 200 valence electrons. The van der Waals surface area contributed by atoms with Crippen molar-refractivity contribution in [1.29, 1.82) is 0 Å². The Morgan fingerprint density at radius 2 is 1.79 bits per heavy atom. The summed E-state index contributed by atoms with van der Waals surface area (Å²) in [7, 11) is 3.84. The number of hydrogen-bond acceptors (Lipinski definition) is 9. The zero-order chi connectivity index (χ0) is 26.6. The summed E-state index contributed by atoms with van der Waals surface area (Å²) in [5, 5.41) is 5.35. The summed E-state index contributed by atoms with van der Waals surface area (Å²) in [5.41, 5.74) is 3.79. The summed E-state index contributed by atoms with van der Waals surface area (Å²) in [4.78, 5) is 18.7. The maximum atomic E-state index is 6.21. The maximum Gasteiger partial charge on any atom is 0.162 e. The van der Waals surface area contributed by atoms with Gasteiger partial charge in [0.2, 0.25) is 0 Å². The van der Waals surface area contributed by atoms with Gasteiger partial charge >= 0.3 is 0 Å². The minimum absolute atomic E-state index is 0.620. The molecule has 0 unspecified atom stereocenters. The van der Waals surface area contributed by atoms with E-state index in [1.165, 1.54) is 4.70 Å². The second-order valence-electron chi connectivity index (χ2n) is 9.78. The SMILES string of the molecule is COc1cc2ncnc(Nc3cccc(-c4nc5ccccc5s4)c3)c2cc1OCCCN1CCN(C)CC1. The van der Waals surface area contributed by atoms with Crippen LogP contribution in [-0.2, 0) is 0 Å². The topological polar surface area (TPSA) is 75.6 Å². The van der Waals surface area contributed by atoms with Crippen molar-refractivity contribution in [3.63, 3.8) is 0 Å². The first kappa shape index (κ1) is 25.5. The lowest BCUT2D eigenvalue weighted by atomic mass is 10.2. The van der Waals surface area contributed by atoms with E-state index >= 15 is 0 Å². The van der Waals surface area contributed by atoms with Crippen molar-refractivity contribution in [2.75, 3.05) is 58.8 Å². The lowest BCUT2D eigenvalue weighted by Gasteiger charge is -2.32. The number of nitrogens with one attached hydrogen (secondary N) is 1. The third-order valence-corrected chi connectivity index (χ3v) is 8.14. The largest absolute Gasteiger partial charge is 0.493 e. The number of thiazole rings is 1. The molecule has 0 bridgehead atoms. The van der Waals surface area contributed by atoms with Crippen LogP contribution < -0.4 is 14.8 Å². The van der Waals surface area contributed by atoms with Gasteiger partial charge in [-0.1, -0.05) is 24.3 Å². The molecule has 2 aromatic heterocycles. The predicted molar refractivity (Wildman–Crippen MR) is 158 cm³/mol. The van der Waals surface area contributed by atoms with Gasteiger partial charge in [0.05, 0.1) is 29.5 Å².